The van der Waals surface area contributed by atoms with Gasteiger partial charge in [0, 0.05) is 25.2 Å². The molecule has 2 rings (SSSR count). The SMILES string of the molecule is CC1CC(C)CC(CN)(N2CCOCC2)C1. The second-order valence-corrected chi connectivity index (χ2v) is 5.88. The summed E-state index contributed by atoms with van der Waals surface area (Å²) in [6, 6.07) is 0. The van der Waals surface area contributed by atoms with Crippen LogP contribution in [0.2, 0.25) is 0 Å². The summed E-state index contributed by atoms with van der Waals surface area (Å²) < 4.78 is 5.45. The van der Waals surface area contributed by atoms with Crippen LogP contribution in [0.15, 0.2) is 0 Å². The van der Waals surface area contributed by atoms with E-state index in [1.54, 1.807) is 0 Å². The van der Waals surface area contributed by atoms with Crippen LogP contribution in [0.3, 0.4) is 0 Å². The van der Waals surface area contributed by atoms with Crippen LogP contribution >= 0.6 is 0 Å². The Balaban J connectivity index is 2.09. The van der Waals surface area contributed by atoms with Gasteiger partial charge in [-0.05, 0) is 31.1 Å². The topological polar surface area (TPSA) is 38.5 Å². The average Bonchev–Trinajstić information content (AvgIpc) is 2.29. The first-order chi connectivity index (χ1) is 7.66. The monoisotopic (exact) mass is 226 g/mol. The van der Waals surface area contributed by atoms with Crippen molar-refractivity contribution < 1.29 is 4.74 Å². The summed E-state index contributed by atoms with van der Waals surface area (Å²) in [4.78, 5) is 2.60. The molecule has 0 radical (unpaired) electrons. The lowest BCUT2D eigenvalue weighted by molar-refractivity contribution is -0.0493. The maximum Gasteiger partial charge on any atom is 0.0594 e. The van der Waals surface area contributed by atoms with Gasteiger partial charge in [0.05, 0.1) is 13.2 Å². The van der Waals surface area contributed by atoms with Gasteiger partial charge in [0.15, 0.2) is 0 Å². The summed E-state index contributed by atoms with van der Waals surface area (Å²) in [5.74, 6) is 1.63. The molecule has 0 amide bonds. The number of hydrogen-bond acceptors (Lipinski definition) is 3. The molecule has 0 aromatic carbocycles. The minimum atomic E-state index is 0.265. The van der Waals surface area contributed by atoms with Crippen LogP contribution in [-0.4, -0.2) is 43.3 Å². The maximum absolute atomic E-state index is 6.11. The van der Waals surface area contributed by atoms with E-state index in [0.29, 0.717) is 0 Å². The van der Waals surface area contributed by atoms with Crippen molar-refractivity contribution in [2.45, 2.75) is 38.6 Å². The summed E-state index contributed by atoms with van der Waals surface area (Å²) in [5, 5.41) is 0. The number of nitrogens with two attached hydrogens (primary N) is 1. The van der Waals surface area contributed by atoms with Crippen molar-refractivity contribution in [2.75, 3.05) is 32.8 Å². The molecule has 0 aromatic rings. The molecule has 1 aliphatic carbocycles. The predicted octanol–water partition coefficient (Wildman–Crippen LogP) is 1.47. The average molecular weight is 226 g/mol. The van der Waals surface area contributed by atoms with Gasteiger partial charge in [-0.25, -0.2) is 0 Å². The van der Waals surface area contributed by atoms with Gasteiger partial charge in [-0.3, -0.25) is 4.90 Å². The molecule has 0 spiro atoms. The first kappa shape index (κ1) is 12.3. The molecular weight excluding hydrogens is 200 g/mol. The van der Waals surface area contributed by atoms with Gasteiger partial charge in [0.2, 0.25) is 0 Å². The van der Waals surface area contributed by atoms with E-state index in [9.17, 15) is 0 Å². The molecule has 0 bridgehead atoms. The van der Waals surface area contributed by atoms with Gasteiger partial charge in [0.1, 0.15) is 0 Å². The zero-order valence-electron chi connectivity index (χ0n) is 10.7. The lowest BCUT2D eigenvalue weighted by Crippen LogP contribution is -2.60. The molecule has 2 atom stereocenters. The molecule has 1 saturated carbocycles. The third-order valence-electron chi connectivity index (χ3n) is 4.32. The van der Waals surface area contributed by atoms with E-state index in [2.05, 4.69) is 18.7 Å². The number of hydrogen-bond donors (Lipinski definition) is 1. The van der Waals surface area contributed by atoms with Crippen LogP contribution in [0.25, 0.3) is 0 Å². The fourth-order valence-electron chi connectivity index (χ4n) is 3.83. The van der Waals surface area contributed by atoms with Gasteiger partial charge in [-0.15, -0.1) is 0 Å². The molecule has 2 N–H and O–H groups in total. The molecule has 2 fully saturated rings. The molecule has 94 valence electrons. The summed E-state index contributed by atoms with van der Waals surface area (Å²) in [6.07, 6.45) is 3.91. The fraction of sp³-hybridized carbons (Fsp3) is 1.00. The lowest BCUT2D eigenvalue weighted by Gasteiger charge is -2.50. The number of ether oxygens (including phenoxy) is 1. The van der Waals surface area contributed by atoms with Crippen molar-refractivity contribution in [3.8, 4) is 0 Å². The number of morpholine rings is 1. The highest BCUT2D eigenvalue weighted by Gasteiger charge is 2.41. The third kappa shape index (κ3) is 2.41. The van der Waals surface area contributed by atoms with Crippen molar-refractivity contribution in [3.05, 3.63) is 0 Å². The maximum atomic E-state index is 6.11. The summed E-state index contributed by atoms with van der Waals surface area (Å²) in [5.41, 5.74) is 6.38. The van der Waals surface area contributed by atoms with Crippen molar-refractivity contribution in [3.63, 3.8) is 0 Å². The minimum Gasteiger partial charge on any atom is -0.379 e. The number of nitrogens with zero attached hydrogens (tertiary/aromatic N) is 1. The van der Waals surface area contributed by atoms with Gasteiger partial charge < -0.3 is 10.5 Å². The molecule has 0 aromatic heterocycles. The second-order valence-electron chi connectivity index (χ2n) is 5.88. The van der Waals surface area contributed by atoms with E-state index < -0.39 is 0 Å². The van der Waals surface area contributed by atoms with Crippen LogP contribution in [0.5, 0.6) is 0 Å². The normalized spacial score (nSPS) is 42.2. The van der Waals surface area contributed by atoms with Crippen molar-refractivity contribution >= 4 is 0 Å². The summed E-state index contributed by atoms with van der Waals surface area (Å²) in [7, 11) is 0. The van der Waals surface area contributed by atoms with E-state index in [1.165, 1.54) is 19.3 Å². The van der Waals surface area contributed by atoms with E-state index in [4.69, 9.17) is 10.5 Å². The molecule has 16 heavy (non-hydrogen) atoms. The molecule has 2 aliphatic rings. The van der Waals surface area contributed by atoms with Gasteiger partial charge in [0.25, 0.3) is 0 Å². The number of rotatable bonds is 2. The van der Waals surface area contributed by atoms with Crippen molar-refractivity contribution in [1.82, 2.24) is 4.90 Å². The van der Waals surface area contributed by atoms with Crippen LogP contribution < -0.4 is 5.73 Å². The largest absolute Gasteiger partial charge is 0.379 e. The molecule has 1 saturated heterocycles. The Kier molecular flexibility index (Phi) is 3.88. The predicted molar refractivity (Wildman–Crippen MR) is 66.4 cm³/mol. The van der Waals surface area contributed by atoms with Gasteiger partial charge in [-0.2, -0.15) is 0 Å². The highest BCUT2D eigenvalue weighted by Crippen LogP contribution is 2.39. The molecule has 1 heterocycles. The van der Waals surface area contributed by atoms with Gasteiger partial charge in [-0.1, -0.05) is 13.8 Å². The van der Waals surface area contributed by atoms with E-state index in [1.807, 2.05) is 0 Å². The Morgan fingerprint density at radius 1 is 1.19 bits per heavy atom. The Hall–Kier alpha value is -0.120. The second kappa shape index (κ2) is 5.03. The Bertz CT molecular complexity index is 216. The smallest absolute Gasteiger partial charge is 0.0594 e. The quantitative estimate of drug-likeness (QED) is 0.775. The van der Waals surface area contributed by atoms with Crippen LogP contribution in [0.4, 0.5) is 0 Å². The molecule has 3 heteroatoms. The highest BCUT2D eigenvalue weighted by molar-refractivity contribution is 4.98. The fourth-order valence-corrected chi connectivity index (χ4v) is 3.83. The minimum absolute atomic E-state index is 0.265. The summed E-state index contributed by atoms with van der Waals surface area (Å²) >= 11 is 0. The summed E-state index contributed by atoms with van der Waals surface area (Å²) in [6.45, 7) is 9.45. The molecular formula is C13H26N2O. The molecule has 3 nitrogen and oxygen atoms in total. The van der Waals surface area contributed by atoms with E-state index in [0.717, 1.165) is 44.7 Å². The van der Waals surface area contributed by atoms with Crippen molar-refractivity contribution in [2.24, 2.45) is 17.6 Å². The Morgan fingerprint density at radius 3 is 2.25 bits per heavy atom. The first-order valence-corrected chi connectivity index (χ1v) is 6.69. The third-order valence-corrected chi connectivity index (χ3v) is 4.32. The van der Waals surface area contributed by atoms with Crippen LogP contribution in [0.1, 0.15) is 33.1 Å². The van der Waals surface area contributed by atoms with Gasteiger partial charge >= 0.3 is 0 Å². The molecule has 1 aliphatic heterocycles. The molecule has 2 unspecified atom stereocenters. The van der Waals surface area contributed by atoms with Crippen molar-refractivity contribution in [1.29, 1.82) is 0 Å². The Morgan fingerprint density at radius 2 is 1.75 bits per heavy atom. The van der Waals surface area contributed by atoms with Crippen LogP contribution in [-0.2, 0) is 4.74 Å². The van der Waals surface area contributed by atoms with E-state index >= 15 is 0 Å². The zero-order valence-corrected chi connectivity index (χ0v) is 10.7. The Labute approximate surface area is 99.3 Å². The van der Waals surface area contributed by atoms with Crippen LogP contribution in [0, 0.1) is 11.8 Å². The lowest BCUT2D eigenvalue weighted by atomic mass is 9.70. The highest BCUT2D eigenvalue weighted by atomic mass is 16.5. The van der Waals surface area contributed by atoms with E-state index in [-0.39, 0.29) is 5.54 Å². The standard InChI is InChI=1S/C13H26N2O/c1-11-7-12(2)9-13(8-11,10-14)15-3-5-16-6-4-15/h11-12H,3-10,14H2,1-2H3. The zero-order chi connectivity index (χ0) is 11.6. The first-order valence-electron chi connectivity index (χ1n) is 6.69.